The normalized spacial score (nSPS) is 10.7. The number of aromatic nitrogens is 1. The molecule has 0 bridgehead atoms. The zero-order valence-corrected chi connectivity index (χ0v) is 10.6. The molecule has 0 saturated heterocycles. The SMILES string of the molecule is CCCCCCCCc1cc[nH]c1Br. The van der Waals surface area contributed by atoms with E-state index in [0.717, 1.165) is 4.60 Å². The van der Waals surface area contributed by atoms with Crippen LogP contribution in [0.1, 0.15) is 51.0 Å². The molecule has 0 radical (unpaired) electrons. The van der Waals surface area contributed by atoms with Crippen LogP contribution in [0.5, 0.6) is 0 Å². The van der Waals surface area contributed by atoms with Gasteiger partial charge in [-0.3, -0.25) is 0 Å². The average molecular weight is 258 g/mol. The number of halogens is 1. The van der Waals surface area contributed by atoms with Gasteiger partial charge in [-0.1, -0.05) is 39.0 Å². The molecule has 0 fully saturated rings. The molecule has 14 heavy (non-hydrogen) atoms. The van der Waals surface area contributed by atoms with Gasteiger partial charge in [0.1, 0.15) is 0 Å². The molecule has 1 N–H and O–H groups in total. The summed E-state index contributed by atoms with van der Waals surface area (Å²) in [5.74, 6) is 0. The van der Waals surface area contributed by atoms with Crippen molar-refractivity contribution in [1.29, 1.82) is 0 Å². The quantitative estimate of drug-likeness (QED) is 0.683. The van der Waals surface area contributed by atoms with Crippen molar-refractivity contribution >= 4 is 15.9 Å². The smallest absolute Gasteiger partial charge is 0.0852 e. The molecule has 0 aliphatic carbocycles. The lowest BCUT2D eigenvalue weighted by molar-refractivity contribution is 0.607. The van der Waals surface area contributed by atoms with Gasteiger partial charge in [-0.25, -0.2) is 0 Å². The summed E-state index contributed by atoms with van der Waals surface area (Å²) in [6, 6.07) is 2.16. The topological polar surface area (TPSA) is 15.8 Å². The van der Waals surface area contributed by atoms with E-state index in [-0.39, 0.29) is 0 Å². The van der Waals surface area contributed by atoms with Crippen LogP contribution in [0.25, 0.3) is 0 Å². The average Bonchev–Trinajstić information content (AvgIpc) is 2.58. The lowest BCUT2D eigenvalue weighted by atomic mass is 10.1. The summed E-state index contributed by atoms with van der Waals surface area (Å²) in [5, 5.41) is 0. The van der Waals surface area contributed by atoms with Gasteiger partial charge in [0, 0.05) is 6.20 Å². The van der Waals surface area contributed by atoms with Gasteiger partial charge in [0.25, 0.3) is 0 Å². The van der Waals surface area contributed by atoms with Crippen molar-refractivity contribution in [1.82, 2.24) is 4.98 Å². The van der Waals surface area contributed by atoms with Crippen molar-refractivity contribution < 1.29 is 0 Å². The molecule has 0 aromatic carbocycles. The maximum Gasteiger partial charge on any atom is 0.0852 e. The van der Waals surface area contributed by atoms with E-state index in [4.69, 9.17) is 0 Å². The minimum absolute atomic E-state index is 1.16. The molecule has 1 rings (SSSR count). The summed E-state index contributed by atoms with van der Waals surface area (Å²) in [4.78, 5) is 3.15. The van der Waals surface area contributed by atoms with Crippen LogP contribution in [-0.2, 0) is 6.42 Å². The second-order valence-electron chi connectivity index (χ2n) is 3.83. The zero-order valence-electron chi connectivity index (χ0n) is 8.98. The lowest BCUT2D eigenvalue weighted by Gasteiger charge is -2.00. The Labute approximate surface area is 95.4 Å². The second kappa shape index (κ2) is 7.10. The number of hydrogen-bond acceptors (Lipinski definition) is 0. The summed E-state index contributed by atoms with van der Waals surface area (Å²) in [5.41, 5.74) is 1.42. The van der Waals surface area contributed by atoms with Crippen LogP contribution < -0.4 is 0 Å². The number of unbranched alkanes of at least 4 members (excludes halogenated alkanes) is 5. The first-order valence-corrected chi connectivity index (χ1v) is 6.45. The third kappa shape index (κ3) is 4.32. The Morgan fingerprint density at radius 2 is 1.86 bits per heavy atom. The van der Waals surface area contributed by atoms with Crippen molar-refractivity contribution in [2.45, 2.75) is 51.9 Å². The maximum atomic E-state index is 3.50. The Bertz CT molecular complexity index is 242. The first kappa shape index (κ1) is 11.8. The van der Waals surface area contributed by atoms with Crippen molar-refractivity contribution in [3.05, 3.63) is 22.4 Å². The largest absolute Gasteiger partial charge is 0.356 e. The highest BCUT2D eigenvalue weighted by Gasteiger charge is 1.99. The van der Waals surface area contributed by atoms with Gasteiger partial charge >= 0.3 is 0 Å². The summed E-state index contributed by atoms with van der Waals surface area (Å²) in [7, 11) is 0. The van der Waals surface area contributed by atoms with Crippen LogP contribution in [-0.4, -0.2) is 4.98 Å². The van der Waals surface area contributed by atoms with Gasteiger partial charge in [-0.2, -0.15) is 0 Å². The van der Waals surface area contributed by atoms with E-state index < -0.39 is 0 Å². The molecule has 80 valence electrons. The van der Waals surface area contributed by atoms with E-state index in [1.807, 2.05) is 6.20 Å². The minimum Gasteiger partial charge on any atom is -0.356 e. The van der Waals surface area contributed by atoms with Gasteiger partial charge in [0.05, 0.1) is 4.60 Å². The third-order valence-electron chi connectivity index (χ3n) is 2.58. The van der Waals surface area contributed by atoms with E-state index in [9.17, 15) is 0 Å². The highest BCUT2D eigenvalue weighted by Crippen LogP contribution is 2.17. The second-order valence-corrected chi connectivity index (χ2v) is 4.63. The van der Waals surface area contributed by atoms with Gasteiger partial charge in [-0.15, -0.1) is 0 Å². The Kier molecular flexibility index (Phi) is 6.00. The lowest BCUT2D eigenvalue weighted by Crippen LogP contribution is -1.85. The van der Waals surface area contributed by atoms with Crippen LogP contribution in [0.15, 0.2) is 16.9 Å². The number of aromatic amines is 1. The van der Waals surface area contributed by atoms with E-state index in [2.05, 4.69) is 33.9 Å². The third-order valence-corrected chi connectivity index (χ3v) is 3.31. The van der Waals surface area contributed by atoms with E-state index >= 15 is 0 Å². The Morgan fingerprint density at radius 3 is 2.50 bits per heavy atom. The van der Waals surface area contributed by atoms with E-state index in [1.165, 1.54) is 50.5 Å². The molecule has 0 amide bonds. The number of H-pyrrole nitrogens is 1. The molecule has 0 atom stereocenters. The van der Waals surface area contributed by atoms with Gasteiger partial charge in [-0.05, 0) is 40.4 Å². The first-order chi connectivity index (χ1) is 6.84. The summed E-state index contributed by atoms with van der Waals surface area (Å²) < 4.78 is 1.16. The van der Waals surface area contributed by atoms with Crippen LogP contribution in [0.2, 0.25) is 0 Å². The highest BCUT2D eigenvalue weighted by atomic mass is 79.9. The summed E-state index contributed by atoms with van der Waals surface area (Å²) in [6.07, 6.45) is 11.4. The molecule has 2 heteroatoms. The molecule has 0 aliphatic heterocycles. The van der Waals surface area contributed by atoms with Gasteiger partial charge in [0.15, 0.2) is 0 Å². The first-order valence-electron chi connectivity index (χ1n) is 5.66. The van der Waals surface area contributed by atoms with Crippen LogP contribution in [0.4, 0.5) is 0 Å². The molecule has 0 unspecified atom stereocenters. The fourth-order valence-electron chi connectivity index (χ4n) is 1.67. The predicted octanol–water partition coefficient (Wildman–Crippen LogP) is 4.68. The Balaban J connectivity index is 2.02. The highest BCUT2D eigenvalue weighted by molar-refractivity contribution is 9.10. The van der Waals surface area contributed by atoms with Crippen molar-refractivity contribution in [2.75, 3.05) is 0 Å². The summed E-state index contributed by atoms with van der Waals surface area (Å²) >= 11 is 3.50. The van der Waals surface area contributed by atoms with Crippen LogP contribution in [0, 0.1) is 0 Å². The van der Waals surface area contributed by atoms with E-state index in [0.29, 0.717) is 0 Å². The van der Waals surface area contributed by atoms with Crippen LogP contribution >= 0.6 is 15.9 Å². The molecular formula is C12H20BrN. The molecule has 0 saturated carbocycles. The number of hydrogen-bond donors (Lipinski definition) is 1. The van der Waals surface area contributed by atoms with Crippen molar-refractivity contribution in [3.63, 3.8) is 0 Å². The Morgan fingerprint density at radius 1 is 1.14 bits per heavy atom. The molecule has 0 spiro atoms. The molecule has 1 aromatic rings. The fourth-order valence-corrected chi connectivity index (χ4v) is 2.13. The summed E-state index contributed by atoms with van der Waals surface area (Å²) in [6.45, 7) is 2.26. The van der Waals surface area contributed by atoms with Gasteiger partial charge in [0.2, 0.25) is 0 Å². The minimum atomic E-state index is 1.16. The van der Waals surface area contributed by atoms with Crippen molar-refractivity contribution in [2.24, 2.45) is 0 Å². The van der Waals surface area contributed by atoms with Gasteiger partial charge < -0.3 is 4.98 Å². The molecule has 1 heterocycles. The molecule has 0 aliphatic rings. The Hall–Kier alpha value is -0.240. The number of aryl methyl sites for hydroxylation is 1. The molecule has 1 aromatic heterocycles. The standard InChI is InChI=1S/C12H20BrN/c1-2-3-4-5-6-7-8-11-9-10-14-12(11)13/h9-10,14H,2-8H2,1H3. The van der Waals surface area contributed by atoms with Crippen LogP contribution in [0.3, 0.4) is 0 Å². The molecular weight excluding hydrogens is 238 g/mol. The molecule has 1 nitrogen and oxygen atoms in total. The fraction of sp³-hybridized carbons (Fsp3) is 0.667. The monoisotopic (exact) mass is 257 g/mol. The maximum absolute atomic E-state index is 3.50. The van der Waals surface area contributed by atoms with Crippen molar-refractivity contribution in [3.8, 4) is 0 Å². The number of rotatable bonds is 7. The van der Waals surface area contributed by atoms with E-state index in [1.54, 1.807) is 0 Å². The number of nitrogens with one attached hydrogen (secondary N) is 1. The predicted molar refractivity (Wildman–Crippen MR) is 65.6 cm³/mol. The zero-order chi connectivity index (χ0) is 10.2.